The van der Waals surface area contributed by atoms with Crippen LogP contribution in [0.4, 0.5) is 5.82 Å². The van der Waals surface area contributed by atoms with E-state index in [0.29, 0.717) is 5.82 Å². The number of aromatic nitrogens is 3. The molecule has 0 aromatic carbocycles. The number of hydrogen-bond acceptors (Lipinski definition) is 3. The van der Waals surface area contributed by atoms with Crippen molar-refractivity contribution in [2.75, 3.05) is 5.73 Å². The van der Waals surface area contributed by atoms with Crippen LogP contribution in [-0.2, 0) is 6.54 Å². The Morgan fingerprint density at radius 1 is 1.16 bits per heavy atom. The molecule has 2 N–H and O–H groups in total. The predicted octanol–water partition coefficient (Wildman–Crippen LogP) is 3.37. The third-order valence-corrected chi connectivity index (χ3v) is 4.15. The standard InChI is InChI=1S/C15H24N4/c1-7-15(5,6)8-19-10(3)9(2)12-13(16)17-11(4)18-14(12)19/h7-8H2,1-6H3,(H2,16,17,18). The minimum atomic E-state index is 0.247. The molecule has 0 saturated carbocycles. The third kappa shape index (κ3) is 2.31. The lowest BCUT2D eigenvalue weighted by molar-refractivity contribution is 0.296. The minimum absolute atomic E-state index is 0.247. The molecule has 4 nitrogen and oxygen atoms in total. The van der Waals surface area contributed by atoms with Gasteiger partial charge in [0.15, 0.2) is 0 Å². The minimum Gasteiger partial charge on any atom is -0.383 e. The lowest BCUT2D eigenvalue weighted by Gasteiger charge is -2.24. The van der Waals surface area contributed by atoms with Gasteiger partial charge in [-0.2, -0.15) is 0 Å². The number of nitrogens with zero attached hydrogens (tertiary/aromatic N) is 3. The van der Waals surface area contributed by atoms with Gasteiger partial charge in [0.25, 0.3) is 0 Å². The van der Waals surface area contributed by atoms with Crippen molar-refractivity contribution < 1.29 is 0 Å². The maximum atomic E-state index is 6.07. The fraction of sp³-hybridized carbons (Fsp3) is 0.600. The molecule has 0 aliphatic heterocycles. The lowest BCUT2D eigenvalue weighted by Crippen LogP contribution is -2.19. The van der Waals surface area contributed by atoms with Gasteiger partial charge in [-0.15, -0.1) is 0 Å². The van der Waals surface area contributed by atoms with Crippen molar-refractivity contribution in [1.29, 1.82) is 0 Å². The summed E-state index contributed by atoms with van der Waals surface area (Å²) >= 11 is 0. The van der Waals surface area contributed by atoms with Gasteiger partial charge >= 0.3 is 0 Å². The molecule has 0 aliphatic rings. The molecule has 2 rings (SSSR count). The first-order valence-electron chi connectivity index (χ1n) is 6.86. The zero-order valence-corrected chi connectivity index (χ0v) is 12.8. The Hall–Kier alpha value is -1.58. The second-order valence-electron chi connectivity index (χ2n) is 6.17. The Labute approximate surface area is 115 Å². The van der Waals surface area contributed by atoms with Crippen molar-refractivity contribution in [3.05, 3.63) is 17.1 Å². The van der Waals surface area contributed by atoms with E-state index in [-0.39, 0.29) is 5.41 Å². The van der Waals surface area contributed by atoms with E-state index < -0.39 is 0 Å². The molecule has 104 valence electrons. The molecule has 0 saturated heterocycles. The molecule has 0 bridgehead atoms. The van der Waals surface area contributed by atoms with Crippen molar-refractivity contribution in [3.63, 3.8) is 0 Å². The van der Waals surface area contributed by atoms with Gasteiger partial charge in [-0.25, -0.2) is 9.97 Å². The SMILES string of the molecule is CCC(C)(C)Cn1c(C)c(C)c2c(N)nc(C)nc21. The predicted molar refractivity (Wildman–Crippen MR) is 80.2 cm³/mol. The first-order valence-corrected chi connectivity index (χ1v) is 6.86. The normalized spacial score (nSPS) is 12.3. The van der Waals surface area contributed by atoms with Crippen LogP contribution in [0.1, 0.15) is 44.3 Å². The van der Waals surface area contributed by atoms with Gasteiger partial charge in [-0.05, 0) is 38.2 Å². The summed E-state index contributed by atoms with van der Waals surface area (Å²) in [5.74, 6) is 1.33. The number of fused-ring (bicyclic) bond motifs is 1. The monoisotopic (exact) mass is 260 g/mol. The number of hydrogen-bond donors (Lipinski definition) is 1. The van der Waals surface area contributed by atoms with Crippen LogP contribution in [0.25, 0.3) is 11.0 Å². The van der Waals surface area contributed by atoms with E-state index in [4.69, 9.17) is 5.73 Å². The fourth-order valence-electron chi connectivity index (χ4n) is 2.41. The Balaban J connectivity index is 2.71. The molecule has 2 aromatic rings. The number of rotatable bonds is 3. The van der Waals surface area contributed by atoms with E-state index in [0.717, 1.165) is 29.8 Å². The first-order chi connectivity index (χ1) is 8.76. The van der Waals surface area contributed by atoms with Gasteiger partial charge < -0.3 is 10.3 Å². The lowest BCUT2D eigenvalue weighted by atomic mass is 9.90. The highest BCUT2D eigenvalue weighted by Crippen LogP contribution is 2.31. The van der Waals surface area contributed by atoms with Crippen LogP contribution in [-0.4, -0.2) is 14.5 Å². The average molecular weight is 260 g/mol. The third-order valence-electron chi connectivity index (χ3n) is 4.15. The Bertz CT molecular complexity index is 623. The van der Waals surface area contributed by atoms with Gasteiger partial charge in [0.1, 0.15) is 17.3 Å². The number of aryl methyl sites for hydroxylation is 2. The van der Waals surface area contributed by atoms with Crippen molar-refractivity contribution in [2.45, 2.75) is 54.5 Å². The summed E-state index contributed by atoms with van der Waals surface area (Å²) in [6, 6.07) is 0. The van der Waals surface area contributed by atoms with Crippen LogP contribution >= 0.6 is 0 Å². The van der Waals surface area contributed by atoms with Crippen LogP contribution < -0.4 is 5.73 Å². The highest BCUT2D eigenvalue weighted by molar-refractivity contribution is 5.91. The summed E-state index contributed by atoms with van der Waals surface area (Å²) in [5.41, 5.74) is 9.73. The van der Waals surface area contributed by atoms with Crippen LogP contribution in [0.2, 0.25) is 0 Å². The molecule has 0 fully saturated rings. The molecule has 0 aliphatic carbocycles. The molecular weight excluding hydrogens is 236 g/mol. The highest BCUT2D eigenvalue weighted by atomic mass is 15.1. The van der Waals surface area contributed by atoms with E-state index in [2.05, 4.69) is 49.2 Å². The van der Waals surface area contributed by atoms with Gasteiger partial charge in [-0.1, -0.05) is 20.8 Å². The molecule has 2 aromatic heterocycles. The Morgan fingerprint density at radius 2 is 1.79 bits per heavy atom. The van der Waals surface area contributed by atoms with Crippen LogP contribution in [0.3, 0.4) is 0 Å². The van der Waals surface area contributed by atoms with E-state index in [1.165, 1.54) is 11.3 Å². The van der Waals surface area contributed by atoms with Crippen molar-refractivity contribution >= 4 is 16.9 Å². The first kappa shape index (κ1) is 13.8. The van der Waals surface area contributed by atoms with Crippen molar-refractivity contribution in [1.82, 2.24) is 14.5 Å². The van der Waals surface area contributed by atoms with E-state index in [9.17, 15) is 0 Å². The van der Waals surface area contributed by atoms with E-state index in [1.807, 2.05) is 6.92 Å². The summed E-state index contributed by atoms with van der Waals surface area (Å²) in [5, 5.41) is 1.01. The maximum Gasteiger partial charge on any atom is 0.146 e. The molecule has 19 heavy (non-hydrogen) atoms. The zero-order chi connectivity index (χ0) is 14.4. The zero-order valence-electron chi connectivity index (χ0n) is 12.8. The molecule has 4 heteroatoms. The average Bonchev–Trinajstić information content (AvgIpc) is 2.54. The molecule has 0 radical (unpaired) electrons. The molecule has 0 spiro atoms. The topological polar surface area (TPSA) is 56.7 Å². The van der Waals surface area contributed by atoms with Crippen molar-refractivity contribution in [2.24, 2.45) is 5.41 Å². The second-order valence-corrected chi connectivity index (χ2v) is 6.17. The molecule has 2 heterocycles. The quantitative estimate of drug-likeness (QED) is 0.920. The van der Waals surface area contributed by atoms with Gasteiger partial charge in [0.05, 0.1) is 5.39 Å². The summed E-state index contributed by atoms with van der Waals surface area (Å²) in [6.07, 6.45) is 1.13. The smallest absolute Gasteiger partial charge is 0.146 e. The molecule has 0 unspecified atom stereocenters. The highest BCUT2D eigenvalue weighted by Gasteiger charge is 2.22. The summed E-state index contributed by atoms with van der Waals surface area (Å²) in [7, 11) is 0. The van der Waals surface area contributed by atoms with E-state index >= 15 is 0 Å². The summed E-state index contributed by atoms with van der Waals surface area (Å²) < 4.78 is 2.29. The second kappa shape index (κ2) is 4.51. The van der Waals surface area contributed by atoms with Gasteiger partial charge in [-0.3, -0.25) is 0 Å². The van der Waals surface area contributed by atoms with Crippen LogP contribution in [0, 0.1) is 26.2 Å². The van der Waals surface area contributed by atoms with Gasteiger partial charge in [0, 0.05) is 12.2 Å². The molecule has 0 amide bonds. The number of nitrogens with two attached hydrogens (primary N) is 1. The fourth-order valence-corrected chi connectivity index (χ4v) is 2.41. The maximum absolute atomic E-state index is 6.07. The largest absolute Gasteiger partial charge is 0.383 e. The Kier molecular flexibility index (Phi) is 3.29. The van der Waals surface area contributed by atoms with Crippen LogP contribution in [0.15, 0.2) is 0 Å². The van der Waals surface area contributed by atoms with Crippen LogP contribution in [0.5, 0.6) is 0 Å². The Morgan fingerprint density at radius 3 is 2.37 bits per heavy atom. The summed E-state index contributed by atoms with van der Waals surface area (Å²) in [4.78, 5) is 8.90. The van der Waals surface area contributed by atoms with Crippen molar-refractivity contribution in [3.8, 4) is 0 Å². The number of nitrogen functional groups attached to an aromatic ring is 1. The molecule has 0 atom stereocenters. The van der Waals surface area contributed by atoms with Gasteiger partial charge in [0.2, 0.25) is 0 Å². The summed E-state index contributed by atoms with van der Waals surface area (Å²) in [6.45, 7) is 13.9. The molecular formula is C15H24N4. The number of anilines is 1. The van der Waals surface area contributed by atoms with E-state index in [1.54, 1.807) is 0 Å².